The maximum Gasteiger partial charge on any atom is 0.0658 e. The van der Waals surface area contributed by atoms with E-state index < -0.39 is 0 Å². The lowest BCUT2D eigenvalue weighted by atomic mass is 10.2. The Balaban J connectivity index is 2.04. The number of nitrogens with one attached hydrogen (secondary N) is 1. The third kappa shape index (κ3) is 2.46. The molecule has 0 unspecified atom stereocenters. The van der Waals surface area contributed by atoms with Crippen molar-refractivity contribution in [2.75, 3.05) is 11.1 Å². The van der Waals surface area contributed by atoms with Crippen LogP contribution in [0.25, 0.3) is 0 Å². The van der Waals surface area contributed by atoms with Gasteiger partial charge in [0.05, 0.1) is 16.9 Å². The smallest absolute Gasteiger partial charge is 0.0658 e. The van der Waals surface area contributed by atoms with Crippen molar-refractivity contribution in [2.45, 2.75) is 6.54 Å². The Morgan fingerprint density at radius 3 is 2.94 bits per heavy atom. The molecule has 0 saturated carbocycles. The molecule has 2 aromatic rings. The summed E-state index contributed by atoms with van der Waals surface area (Å²) in [6, 6.07) is 5.42. The van der Waals surface area contributed by atoms with Crippen LogP contribution in [0.3, 0.4) is 0 Å². The molecule has 2 rings (SSSR count). The van der Waals surface area contributed by atoms with E-state index in [0.29, 0.717) is 17.3 Å². The average molecular weight is 237 g/mol. The number of hydrogen-bond acceptors (Lipinski definition) is 3. The van der Waals surface area contributed by atoms with E-state index in [1.165, 1.54) is 0 Å². The Bertz CT molecular complexity index is 492. The summed E-state index contributed by atoms with van der Waals surface area (Å²) in [6.45, 7) is 0.692. The monoisotopic (exact) mass is 236 g/mol. The molecule has 1 aromatic carbocycles. The maximum atomic E-state index is 6.04. The summed E-state index contributed by atoms with van der Waals surface area (Å²) in [7, 11) is 1.89. The molecular formula is C11H13ClN4. The Kier molecular flexibility index (Phi) is 3.01. The molecule has 0 aliphatic carbocycles. The van der Waals surface area contributed by atoms with Gasteiger partial charge in [-0.1, -0.05) is 11.6 Å². The van der Waals surface area contributed by atoms with E-state index in [4.69, 9.17) is 17.3 Å². The van der Waals surface area contributed by atoms with Gasteiger partial charge >= 0.3 is 0 Å². The second kappa shape index (κ2) is 4.45. The number of benzene rings is 1. The molecule has 5 heteroatoms. The molecule has 1 heterocycles. The second-order valence-electron chi connectivity index (χ2n) is 3.62. The number of halogens is 1. The van der Waals surface area contributed by atoms with Crippen LogP contribution in [0.2, 0.25) is 5.02 Å². The predicted molar refractivity (Wildman–Crippen MR) is 66.4 cm³/mol. The average Bonchev–Trinajstić information content (AvgIpc) is 2.63. The van der Waals surface area contributed by atoms with Gasteiger partial charge in [0, 0.05) is 31.0 Å². The quantitative estimate of drug-likeness (QED) is 0.804. The van der Waals surface area contributed by atoms with Crippen LogP contribution in [0.15, 0.2) is 30.6 Å². The van der Waals surface area contributed by atoms with E-state index in [1.54, 1.807) is 10.7 Å². The van der Waals surface area contributed by atoms with Crippen molar-refractivity contribution in [1.29, 1.82) is 0 Å². The molecule has 0 bridgehead atoms. The lowest BCUT2D eigenvalue weighted by Gasteiger charge is -2.07. The van der Waals surface area contributed by atoms with E-state index in [-0.39, 0.29) is 0 Å². The summed E-state index contributed by atoms with van der Waals surface area (Å²) in [5, 5.41) is 7.95. The van der Waals surface area contributed by atoms with Gasteiger partial charge in [-0.25, -0.2) is 0 Å². The van der Waals surface area contributed by atoms with Crippen molar-refractivity contribution in [3.63, 3.8) is 0 Å². The van der Waals surface area contributed by atoms with E-state index in [0.717, 1.165) is 11.3 Å². The molecule has 84 valence electrons. The first-order valence-corrected chi connectivity index (χ1v) is 5.29. The van der Waals surface area contributed by atoms with Crippen molar-refractivity contribution in [1.82, 2.24) is 9.78 Å². The third-order valence-electron chi connectivity index (χ3n) is 2.23. The van der Waals surface area contributed by atoms with Gasteiger partial charge in [-0.05, 0) is 18.2 Å². The Labute approximate surface area is 99.0 Å². The van der Waals surface area contributed by atoms with Crippen LogP contribution < -0.4 is 11.1 Å². The predicted octanol–water partition coefficient (Wildman–Crippen LogP) is 2.27. The van der Waals surface area contributed by atoms with E-state index in [9.17, 15) is 0 Å². The normalized spacial score (nSPS) is 10.4. The number of nitrogens with zero attached hydrogens (tertiary/aromatic N) is 2. The summed E-state index contributed by atoms with van der Waals surface area (Å²) < 4.78 is 1.77. The van der Waals surface area contributed by atoms with Gasteiger partial charge in [0.25, 0.3) is 0 Å². The van der Waals surface area contributed by atoms with Gasteiger partial charge < -0.3 is 11.1 Å². The maximum absolute atomic E-state index is 6.04. The van der Waals surface area contributed by atoms with E-state index in [1.807, 2.05) is 31.6 Å². The van der Waals surface area contributed by atoms with Crippen molar-refractivity contribution in [3.8, 4) is 0 Å². The minimum absolute atomic E-state index is 0.629. The molecule has 4 nitrogen and oxygen atoms in total. The molecule has 0 aliphatic rings. The molecule has 0 saturated heterocycles. The van der Waals surface area contributed by atoms with Crippen LogP contribution in [-0.4, -0.2) is 9.78 Å². The lowest BCUT2D eigenvalue weighted by Crippen LogP contribution is -1.99. The zero-order chi connectivity index (χ0) is 11.5. The fourth-order valence-corrected chi connectivity index (χ4v) is 1.69. The summed E-state index contributed by atoms with van der Waals surface area (Å²) in [4.78, 5) is 0. The largest absolute Gasteiger partial charge is 0.399 e. The SMILES string of the molecule is Cn1cc(CNc2ccc(N)cc2Cl)cn1. The summed E-state index contributed by atoms with van der Waals surface area (Å²) in [6.07, 6.45) is 3.77. The molecule has 0 atom stereocenters. The van der Waals surface area contributed by atoms with Crippen LogP contribution in [0.5, 0.6) is 0 Å². The Hall–Kier alpha value is -1.68. The second-order valence-corrected chi connectivity index (χ2v) is 4.02. The molecule has 16 heavy (non-hydrogen) atoms. The summed E-state index contributed by atoms with van der Waals surface area (Å²) in [5.74, 6) is 0. The van der Waals surface area contributed by atoms with Crippen LogP contribution in [0, 0.1) is 0 Å². The fraction of sp³-hybridized carbons (Fsp3) is 0.182. The molecule has 0 fully saturated rings. The highest BCUT2D eigenvalue weighted by atomic mass is 35.5. The van der Waals surface area contributed by atoms with Crippen LogP contribution >= 0.6 is 11.6 Å². The highest BCUT2D eigenvalue weighted by Crippen LogP contribution is 2.24. The zero-order valence-electron chi connectivity index (χ0n) is 8.94. The van der Waals surface area contributed by atoms with E-state index in [2.05, 4.69) is 10.4 Å². The summed E-state index contributed by atoms with van der Waals surface area (Å²) >= 11 is 6.04. The van der Waals surface area contributed by atoms with Crippen molar-refractivity contribution < 1.29 is 0 Å². The zero-order valence-corrected chi connectivity index (χ0v) is 9.70. The van der Waals surface area contributed by atoms with Gasteiger partial charge in [-0.3, -0.25) is 4.68 Å². The Morgan fingerprint density at radius 2 is 2.31 bits per heavy atom. The summed E-state index contributed by atoms with van der Waals surface area (Å²) in [5.41, 5.74) is 8.26. The first kappa shape index (κ1) is 10.8. The molecule has 0 amide bonds. The van der Waals surface area contributed by atoms with Gasteiger partial charge in [0.1, 0.15) is 0 Å². The van der Waals surface area contributed by atoms with Crippen molar-refractivity contribution in [2.24, 2.45) is 7.05 Å². The van der Waals surface area contributed by atoms with Gasteiger partial charge in [0.15, 0.2) is 0 Å². The number of aryl methyl sites for hydroxylation is 1. The van der Waals surface area contributed by atoms with E-state index >= 15 is 0 Å². The van der Waals surface area contributed by atoms with Crippen molar-refractivity contribution >= 4 is 23.0 Å². The van der Waals surface area contributed by atoms with Gasteiger partial charge in [-0.2, -0.15) is 5.10 Å². The van der Waals surface area contributed by atoms with Crippen LogP contribution in [0.1, 0.15) is 5.56 Å². The number of nitrogen functional groups attached to an aromatic ring is 1. The first-order chi connectivity index (χ1) is 7.65. The number of rotatable bonds is 3. The van der Waals surface area contributed by atoms with Crippen molar-refractivity contribution in [3.05, 3.63) is 41.2 Å². The number of hydrogen-bond donors (Lipinski definition) is 2. The highest BCUT2D eigenvalue weighted by molar-refractivity contribution is 6.33. The topological polar surface area (TPSA) is 55.9 Å². The standard InChI is InChI=1S/C11H13ClN4/c1-16-7-8(6-15-16)5-14-11-3-2-9(13)4-10(11)12/h2-4,6-7,14H,5,13H2,1H3. The minimum Gasteiger partial charge on any atom is -0.399 e. The molecule has 1 aromatic heterocycles. The number of aromatic nitrogens is 2. The first-order valence-electron chi connectivity index (χ1n) is 4.91. The van der Waals surface area contributed by atoms with Crippen LogP contribution in [0.4, 0.5) is 11.4 Å². The molecular weight excluding hydrogens is 224 g/mol. The third-order valence-corrected chi connectivity index (χ3v) is 2.55. The molecule has 0 aliphatic heterocycles. The molecule has 0 spiro atoms. The molecule has 3 N–H and O–H groups in total. The van der Waals surface area contributed by atoms with Gasteiger partial charge in [-0.15, -0.1) is 0 Å². The highest BCUT2D eigenvalue weighted by Gasteiger charge is 2.01. The number of anilines is 2. The lowest BCUT2D eigenvalue weighted by molar-refractivity contribution is 0.767. The Morgan fingerprint density at radius 1 is 1.50 bits per heavy atom. The number of nitrogens with two attached hydrogens (primary N) is 1. The fourth-order valence-electron chi connectivity index (χ4n) is 1.44. The minimum atomic E-state index is 0.629. The van der Waals surface area contributed by atoms with Crippen LogP contribution in [-0.2, 0) is 13.6 Å². The molecule has 0 radical (unpaired) electrons. The van der Waals surface area contributed by atoms with Gasteiger partial charge in [0.2, 0.25) is 0 Å².